The molecule has 0 amide bonds. The molecule has 3 heteroatoms. The number of hydrogen-bond donors (Lipinski definition) is 0. The summed E-state index contributed by atoms with van der Waals surface area (Å²) in [6.07, 6.45) is 0. The van der Waals surface area contributed by atoms with Crippen LogP contribution in [0.2, 0.25) is 0 Å². The van der Waals surface area contributed by atoms with Crippen LogP contribution >= 0.6 is 15.9 Å². The van der Waals surface area contributed by atoms with Crippen molar-refractivity contribution in [3.63, 3.8) is 0 Å². The first kappa shape index (κ1) is 17.6. The van der Waals surface area contributed by atoms with E-state index in [2.05, 4.69) is 20.7 Å². The van der Waals surface area contributed by atoms with Gasteiger partial charge in [-0.3, -0.25) is 0 Å². The molecule has 1 aromatic rings. The lowest BCUT2D eigenvalue weighted by molar-refractivity contribution is 0.0600. The number of esters is 1. The van der Waals surface area contributed by atoms with Crippen LogP contribution < -0.4 is 0 Å². The predicted octanol–water partition coefficient (Wildman–Crippen LogP) is 4.60. The number of carbonyl (C=O) groups is 1. The highest BCUT2D eigenvalue weighted by atomic mass is 79.9. The number of hydrogen-bond acceptors (Lipinski definition) is 2. The Kier molecular flexibility index (Phi) is 11.7. The molecular weight excluding hydrogens is 268 g/mol. The van der Waals surface area contributed by atoms with E-state index in [0.717, 1.165) is 10.0 Å². The summed E-state index contributed by atoms with van der Waals surface area (Å²) >= 11 is 3.30. The highest BCUT2D eigenvalue weighted by Gasteiger charge is 2.05. The molecule has 92 valence electrons. The van der Waals surface area contributed by atoms with Crippen LogP contribution in [0, 0.1) is 6.92 Å². The summed E-state index contributed by atoms with van der Waals surface area (Å²) in [5, 5.41) is 0. The van der Waals surface area contributed by atoms with Crippen LogP contribution in [0.1, 0.15) is 43.6 Å². The van der Waals surface area contributed by atoms with Gasteiger partial charge in [0.25, 0.3) is 0 Å². The summed E-state index contributed by atoms with van der Waals surface area (Å²) in [7, 11) is 1.37. The van der Waals surface area contributed by atoms with Crippen molar-refractivity contribution in [2.75, 3.05) is 7.11 Å². The SMILES string of the molecule is CC.CC.COC(=O)c1cc(C)cc(Br)c1. The Hall–Kier alpha value is -0.830. The van der Waals surface area contributed by atoms with Gasteiger partial charge in [0.2, 0.25) is 0 Å². The van der Waals surface area contributed by atoms with Crippen molar-refractivity contribution in [2.45, 2.75) is 34.6 Å². The molecule has 0 saturated carbocycles. The van der Waals surface area contributed by atoms with E-state index < -0.39 is 0 Å². The van der Waals surface area contributed by atoms with Crippen molar-refractivity contribution in [2.24, 2.45) is 0 Å². The van der Waals surface area contributed by atoms with E-state index in [0.29, 0.717) is 5.56 Å². The van der Waals surface area contributed by atoms with Crippen molar-refractivity contribution < 1.29 is 9.53 Å². The van der Waals surface area contributed by atoms with E-state index in [9.17, 15) is 4.79 Å². The van der Waals surface area contributed by atoms with E-state index in [1.807, 2.05) is 40.7 Å². The van der Waals surface area contributed by atoms with Gasteiger partial charge in [-0.25, -0.2) is 4.79 Å². The molecule has 0 N–H and O–H groups in total. The van der Waals surface area contributed by atoms with Crippen LogP contribution in [0.5, 0.6) is 0 Å². The molecule has 1 rings (SSSR count). The summed E-state index contributed by atoms with van der Waals surface area (Å²) in [6.45, 7) is 9.93. The maximum absolute atomic E-state index is 11.1. The fraction of sp³-hybridized carbons (Fsp3) is 0.462. The second-order valence-corrected chi connectivity index (χ2v) is 3.42. The molecule has 0 aliphatic heterocycles. The first-order chi connectivity index (χ1) is 7.63. The molecule has 16 heavy (non-hydrogen) atoms. The van der Waals surface area contributed by atoms with Crippen molar-refractivity contribution >= 4 is 21.9 Å². The third-order valence-electron chi connectivity index (χ3n) is 1.46. The molecule has 0 aliphatic carbocycles. The van der Waals surface area contributed by atoms with Crippen molar-refractivity contribution in [3.05, 3.63) is 33.8 Å². The Bertz CT molecular complexity index is 289. The van der Waals surface area contributed by atoms with Crippen LogP contribution in [0.3, 0.4) is 0 Å². The Morgan fingerprint density at radius 3 is 2.00 bits per heavy atom. The van der Waals surface area contributed by atoms with Gasteiger partial charge in [0.15, 0.2) is 0 Å². The van der Waals surface area contributed by atoms with Crippen LogP contribution in [0.15, 0.2) is 22.7 Å². The van der Waals surface area contributed by atoms with Gasteiger partial charge in [-0.15, -0.1) is 0 Å². The van der Waals surface area contributed by atoms with Crippen LogP contribution in [-0.4, -0.2) is 13.1 Å². The monoisotopic (exact) mass is 288 g/mol. The lowest BCUT2D eigenvalue weighted by Crippen LogP contribution is -2.01. The van der Waals surface area contributed by atoms with Gasteiger partial charge < -0.3 is 4.74 Å². The zero-order valence-corrected chi connectivity index (χ0v) is 12.5. The minimum Gasteiger partial charge on any atom is -0.465 e. The summed E-state index contributed by atoms with van der Waals surface area (Å²) in [5.41, 5.74) is 1.61. The second-order valence-electron chi connectivity index (χ2n) is 2.51. The zero-order chi connectivity index (χ0) is 13.1. The maximum Gasteiger partial charge on any atom is 0.337 e. The third-order valence-corrected chi connectivity index (χ3v) is 1.92. The fourth-order valence-electron chi connectivity index (χ4n) is 0.972. The fourth-order valence-corrected chi connectivity index (χ4v) is 1.58. The molecule has 0 unspecified atom stereocenters. The standard InChI is InChI=1S/C9H9BrO2.2C2H6/c1-6-3-7(9(11)12-2)5-8(10)4-6;2*1-2/h3-5H,1-2H3;2*1-2H3. The number of benzene rings is 1. The van der Waals surface area contributed by atoms with E-state index in [1.54, 1.807) is 12.1 Å². The number of halogens is 1. The third kappa shape index (κ3) is 6.62. The van der Waals surface area contributed by atoms with Gasteiger partial charge in [-0.05, 0) is 30.7 Å². The first-order valence-electron chi connectivity index (χ1n) is 5.49. The second kappa shape index (κ2) is 10.7. The summed E-state index contributed by atoms with van der Waals surface area (Å²) < 4.78 is 5.48. The largest absolute Gasteiger partial charge is 0.465 e. The Morgan fingerprint density at radius 1 is 1.12 bits per heavy atom. The van der Waals surface area contributed by atoms with Crippen molar-refractivity contribution in [1.29, 1.82) is 0 Å². The number of ether oxygens (including phenoxy) is 1. The molecule has 0 atom stereocenters. The minimum absolute atomic E-state index is 0.306. The van der Waals surface area contributed by atoms with E-state index in [1.165, 1.54) is 7.11 Å². The number of carbonyl (C=O) groups excluding carboxylic acids is 1. The molecule has 0 aromatic heterocycles. The Labute approximate surface area is 107 Å². The summed E-state index contributed by atoms with van der Waals surface area (Å²) in [5.74, 6) is -0.306. The van der Waals surface area contributed by atoms with Crippen LogP contribution in [-0.2, 0) is 4.74 Å². The van der Waals surface area contributed by atoms with Gasteiger partial charge in [0.05, 0.1) is 12.7 Å². The topological polar surface area (TPSA) is 26.3 Å². The predicted molar refractivity (Wildman–Crippen MR) is 72.9 cm³/mol. The van der Waals surface area contributed by atoms with E-state index in [4.69, 9.17) is 0 Å². The molecule has 0 bridgehead atoms. The normalized spacial score (nSPS) is 7.94. The Morgan fingerprint density at radius 2 is 1.62 bits per heavy atom. The molecule has 0 radical (unpaired) electrons. The Balaban J connectivity index is 0. The van der Waals surface area contributed by atoms with Crippen LogP contribution in [0.25, 0.3) is 0 Å². The quantitative estimate of drug-likeness (QED) is 0.706. The van der Waals surface area contributed by atoms with E-state index in [-0.39, 0.29) is 5.97 Å². The highest BCUT2D eigenvalue weighted by molar-refractivity contribution is 9.10. The lowest BCUT2D eigenvalue weighted by Gasteiger charge is -2.01. The molecule has 1 aromatic carbocycles. The van der Waals surface area contributed by atoms with Crippen LogP contribution in [0.4, 0.5) is 0 Å². The van der Waals surface area contributed by atoms with E-state index >= 15 is 0 Å². The molecule has 0 heterocycles. The number of methoxy groups -OCH3 is 1. The van der Waals surface area contributed by atoms with Gasteiger partial charge in [-0.1, -0.05) is 43.6 Å². The minimum atomic E-state index is -0.306. The molecule has 0 saturated heterocycles. The molecule has 0 spiro atoms. The molecule has 2 nitrogen and oxygen atoms in total. The first-order valence-corrected chi connectivity index (χ1v) is 6.28. The lowest BCUT2D eigenvalue weighted by atomic mass is 10.1. The van der Waals surface area contributed by atoms with Gasteiger partial charge in [0.1, 0.15) is 0 Å². The molecule has 0 fully saturated rings. The summed E-state index contributed by atoms with van der Waals surface area (Å²) in [6, 6.07) is 5.46. The van der Waals surface area contributed by atoms with Gasteiger partial charge in [0, 0.05) is 4.47 Å². The average molecular weight is 289 g/mol. The van der Waals surface area contributed by atoms with Crippen molar-refractivity contribution in [1.82, 2.24) is 0 Å². The van der Waals surface area contributed by atoms with Gasteiger partial charge in [-0.2, -0.15) is 0 Å². The maximum atomic E-state index is 11.1. The summed E-state index contributed by atoms with van der Waals surface area (Å²) in [4.78, 5) is 11.1. The van der Waals surface area contributed by atoms with Gasteiger partial charge >= 0.3 is 5.97 Å². The number of aryl methyl sites for hydroxylation is 1. The molecule has 0 aliphatic rings. The zero-order valence-electron chi connectivity index (χ0n) is 10.9. The smallest absolute Gasteiger partial charge is 0.337 e. The number of rotatable bonds is 1. The highest BCUT2D eigenvalue weighted by Crippen LogP contribution is 2.15. The average Bonchev–Trinajstić information content (AvgIpc) is 2.32. The molecular formula is C13H21BrO2. The van der Waals surface area contributed by atoms with Crippen molar-refractivity contribution in [3.8, 4) is 0 Å².